The molecule has 0 aromatic rings. The molecule has 130 valence electrons. The van der Waals surface area contributed by atoms with Gasteiger partial charge in [0.1, 0.15) is 17.6 Å². The highest BCUT2D eigenvalue weighted by Gasteiger charge is 2.29. The summed E-state index contributed by atoms with van der Waals surface area (Å²) in [6.07, 6.45) is 7.65. The summed E-state index contributed by atoms with van der Waals surface area (Å²) in [5.41, 5.74) is -0.0624. The highest BCUT2D eigenvalue weighted by atomic mass is 35.5. The average molecular weight is 354 g/mol. The molecule has 2 aliphatic rings. The Kier molecular flexibility index (Phi) is 5.39. The Balaban J connectivity index is 2.27. The Labute approximate surface area is 145 Å². The fourth-order valence-electron chi connectivity index (χ4n) is 2.38. The van der Waals surface area contributed by atoms with Gasteiger partial charge in [-0.05, 0) is 33.3 Å². The van der Waals surface area contributed by atoms with E-state index in [-0.39, 0.29) is 12.3 Å². The van der Waals surface area contributed by atoms with Crippen LogP contribution in [0.4, 0.5) is 4.79 Å². The molecule has 1 N–H and O–H groups in total. The number of amides is 1. The Hall–Kier alpha value is -2.21. The molecule has 1 aliphatic heterocycles. The monoisotopic (exact) mass is 353 g/mol. The minimum Gasteiger partial charge on any atom is -0.481 e. The van der Waals surface area contributed by atoms with E-state index < -0.39 is 17.7 Å². The van der Waals surface area contributed by atoms with Crippen molar-refractivity contribution in [1.82, 2.24) is 4.90 Å². The highest BCUT2D eigenvalue weighted by Crippen LogP contribution is 2.36. The smallest absolute Gasteiger partial charge is 0.418 e. The number of hydrogen-bond donors (Lipinski definition) is 1. The van der Waals surface area contributed by atoms with Crippen molar-refractivity contribution in [3.63, 3.8) is 0 Å². The van der Waals surface area contributed by atoms with Gasteiger partial charge < -0.3 is 14.6 Å². The zero-order valence-electron chi connectivity index (χ0n) is 13.8. The van der Waals surface area contributed by atoms with Gasteiger partial charge in [-0.15, -0.1) is 0 Å². The molecule has 1 atom stereocenters. The molecule has 6 nitrogen and oxygen atoms in total. The average Bonchev–Trinajstić information content (AvgIpc) is 2.45. The van der Waals surface area contributed by atoms with Crippen LogP contribution in [-0.2, 0) is 14.3 Å². The Morgan fingerprint density at radius 1 is 1.46 bits per heavy atom. The third kappa shape index (κ3) is 4.64. The summed E-state index contributed by atoms with van der Waals surface area (Å²) < 4.78 is 10.8. The molecule has 0 radical (unpaired) electrons. The van der Waals surface area contributed by atoms with E-state index >= 15 is 0 Å². The van der Waals surface area contributed by atoms with Gasteiger partial charge in [-0.3, -0.25) is 9.69 Å². The molecule has 0 fully saturated rings. The van der Waals surface area contributed by atoms with E-state index in [1.807, 2.05) is 6.08 Å². The van der Waals surface area contributed by atoms with Crippen LogP contribution >= 0.6 is 11.6 Å². The lowest BCUT2D eigenvalue weighted by molar-refractivity contribution is -0.137. The van der Waals surface area contributed by atoms with E-state index in [0.717, 1.165) is 0 Å². The second kappa shape index (κ2) is 7.13. The molecule has 0 aromatic heterocycles. The van der Waals surface area contributed by atoms with Crippen LogP contribution in [0.15, 0.2) is 47.2 Å². The van der Waals surface area contributed by atoms with E-state index in [9.17, 15) is 9.59 Å². The lowest BCUT2D eigenvalue weighted by Gasteiger charge is -2.28. The van der Waals surface area contributed by atoms with Crippen LogP contribution in [-0.4, -0.2) is 27.7 Å². The zero-order valence-corrected chi connectivity index (χ0v) is 14.5. The normalized spacial score (nSPS) is 20.6. The van der Waals surface area contributed by atoms with E-state index in [4.69, 9.17) is 26.2 Å². The maximum absolute atomic E-state index is 12.2. The van der Waals surface area contributed by atoms with Crippen LogP contribution in [0.3, 0.4) is 0 Å². The van der Waals surface area contributed by atoms with Gasteiger partial charge >= 0.3 is 12.1 Å². The van der Waals surface area contributed by atoms with Crippen molar-refractivity contribution in [1.29, 1.82) is 0 Å². The lowest BCUT2D eigenvalue weighted by atomic mass is 9.87. The van der Waals surface area contributed by atoms with Gasteiger partial charge in [0.2, 0.25) is 0 Å². The van der Waals surface area contributed by atoms with Gasteiger partial charge in [0.25, 0.3) is 0 Å². The second-order valence-electron chi connectivity index (χ2n) is 6.48. The van der Waals surface area contributed by atoms with Crippen LogP contribution in [0.25, 0.3) is 0 Å². The molecule has 1 heterocycles. The zero-order chi connectivity index (χ0) is 17.9. The molecular weight excluding hydrogens is 334 g/mol. The maximum Gasteiger partial charge on any atom is 0.418 e. The summed E-state index contributed by atoms with van der Waals surface area (Å²) in [6, 6.07) is 0. The van der Waals surface area contributed by atoms with Crippen molar-refractivity contribution in [2.75, 3.05) is 0 Å². The van der Waals surface area contributed by atoms with E-state index in [2.05, 4.69) is 0 Å². The number of allylic oxidation sites excluding steroid dienone is 4. The summed E-state index contributed by atoms with van der Waals surface area (Å²) >= 11 is 6.25. The largest absolute Gasteiger partial charge is 0.481 e. The van der Waals surface area contributed by atoms with Gasteiger partial charge in [-0.1, -0.05) is 17.7 Å². The fraction of sp³-hybridized carbons (Fsp3) is 0.412. The molecule has 0 spiro atoms. The standard InChI is InChI=1S/C17H20ClNO5/c1-17(2,3)24-16(22)19-7-8-23-13(10-19)15-11(9-14(20)21)5-4-6-12(15)18/h4,6-8,10-11H,5,9H2,1-3H3,(H,20,21). The van der Waals surface area contributed by atoms with Crippen LogP contribution in [0.2, 0.25) is 0 Å². The van der Waals surface area contributed by atoms with Gasteiger partial charge in [0.05, 0.1) is 18.8 Å². The third-order valence-electron chi connectivity index (χ3n) is 3.31. The number of halogens is 1. The number of rotatable bonds is 3. The molecule has 0 saturated heterocycles. The van der Waals surface area contributed by atoms with Gasteiger partial charge in [-0.25, -0.2) is 4.79 Å². The SMILES string of the molecule is CC(C)(C)OC(=O)N1C=COC(C2=C(Cl)C=CCC2CC(=O)O)=C1. The number of ether oxygens (including phenoxy) is 2. The molecule has 24 heavy (non-hydrogen) atoms. The number of nitrogens with zero attached hydrogens (tertiary/aromatic N) is 1. The number of carbonyl (C=O) groups excluding carboxylic acids is 1. The number of carboxylic acids is 1. The van der Waals surface area contributed by atoms with Crippen molar-refractivity contribution < 1.29 is 24.2 Å². The van der Waals surface area contributed by atoms with Gasteiger partial charge in [0, 0.05) is 16.5 Å². The van der Waals surface area contributed by atoms with Gasteiger partial charge in [0.15, 0.2) is 0 Å². The van der Waals surface area contributed by atoms with E-state index in [1.165, 1.54) is 23.6 Å². The molecule has 0 aromatic carbocycles. The van der Waals surface area contributed by atoms with Gasteiger partial charge in [-0.2, -0.15) is 0 Å². The number of carbonyl (C=O) groups is 2. The van der Waals surface area contributed by atoms with Crippen molar-refractivity contribution in [2.24, 2.45) is 5.92 Å². The minimum absolute atomic E-state index is 0.0766. The summed E-state index contributed by atoms with van der Waals surface area (Å²) in [6.45, 7) is 5.32. The first kappa shape index (κ1) is 18.1. The first-order valence-electron chi connectivity index (χ1n) is 7.52. The van der Waals surface area contributed by atoms with Crippen molar-refractivity contribution in [3.8, 4) is 0 Å². The summed E-state index contributed by atoms with van der Waals surface area (Å²) in [5.74, 6) is -0.907. The second-order valence-corrected chi connectivity index (χ2v) is 6.89. The predicted molar refractivity (Wildman–Crippen MR) is 88.8 cm³/mol. The molecule has 1 amide bonds. The molecule has 0 saturated carbocycles. The summed E-state index contributed by atoms with van der Waals surface area (Å²) in [7, 11) is 0. The van der Waals surface area contributed by atoms with Crippen LogP contribution < -0.4 is 0 Å². The van der Waals surface area contributed by atoms with Crippen LogP contribution in [0, 0.1) is 5.92 Å². The highest BCUT2D eigenvalue weighted by molar-refractivity contribution is 6.32. The summed E-state index contributed by atoms with van der Waals surface area (Å²) in [5, 5.41) is 9.49. The molecular formula is C17H20ClNO5. The molecule has 1 aliphatic carbocycles. The molecule has 2 rings (SSSR count). The summed E-state index contributed by atoms with van der Waals surface area (Å²) in [4.78, 5) is 24.5. The lowest BCUT2D eigenvalue weighted by Crippen LogP contribution is -2.32. The van der Waals surface area contributed by atoms with E-state index in [0.29, 0.717) is 22.8 Å². The van der Waals surface area contributed by atoms with Crippen LogP contribution in [0.1, 0.15) is 33.6 Å². The molecule has 0 bridgehead atoms. The first-order chi connectivity index (χ1) is 11.2. The predicted octanol–water partition coefficient (Wildman–Crippen LogP) is 4.11. The first-order valence-corrected chi connectivity index (χ1v) is 7.90. The van der Waals surface area contributed by atoms with E-state index in [1.54, 1.807) is 26.8 Å². The Morgan fingerprint density at radius 2 is 2.17 bits per heavy atom. The number of aliphatic carboxylic acids is 1. The van der Waals surface area contributed by atoms with Crippen molar-refractivity contribution in [3.05, 3.63) is 47.2 Å². The quantitative estimate of drug-likeness (QED) is 0.826. The van der Waals surface area contributed by atoms with Crippen molar-refractivity contribution >= 4 is 23.7 Å². The minimum atomic E-state index is -0.923. The molecule has 1 unspecified atom stereocenters. The molecule has 7 heteroatoms. The third-order valence-corrected chi connectivity index (χ3v) is 3.64. The maximum atomic E-state index is 12.2. The van der Waals surface area contributed by atoms with Crippen molar-refractivity contribution in [2.45, 2.75) is 39.2 Å². The Bertz CT molecular complexity index is 654. The van der Waals surface area contributed by atoms with Crippen LogP contribution in [0.5, 0.6) is 0 Å². The fourth-order valence-corrected chi connectivity index (χ4v) is 2.72. The topological polar surface area (TPSA) is 76.1 Å². The number of carboxylic acid groups (broad SMARTS) is 1. The Morgan fingerprint density at radius 3 is 2.79 bits per heavy atom. The number of hydrogen-bond acceptors (Lipinski definition) is 4.